The number of rotatable bonds is 5. The lowest BCUT2D eigenvalue weighted by atomic mass is 9.98. The lowest BCUT2D eigenvalue weighted by Crippen LogP contribution is -2.29. The number of carboxylic acid groups (broad SMARTS) is 4. The van der Waals surface area contributed by atoms with Crippen molar-refractivity contribution in [3.05, 3.63) is 71.8 Å². The molecule has 0 aliphatic rings. The fourth-order valence-electron chi connectivity index (χ4n) is 1.98. The highest BCUT2D eigenvalue weighted by atomic mass is 17.2. The van der Waals surface area contributed by atoms with Crippen molar-refractivity contribution in [2.45, 2.75) is 38.9 Å². The average Bonchev–Trinajstić information content (AvgIpc) is 2.61. The summed E-state index contributed by atoms with van der Waals surface area (Å²) in [5, 5.41) is 27.9. The molecule has 0 unspecified atom stereocenters. The summed E-state index contributed by atoms with van der Waals surface area (Å²) in [5.41, 5.74) is 1.19. The van der Waals surface area contributed by atoms with Crippen molar-refractivity contribution in [1.29, 1.82) is 0 Å². The minimum Gasteiger partial charge on any atom is -0.450 e. The van der Waals surface area contributed by atoms with Gasteiger partial charge in [0.2, 0.25) is 0 Å². The maximum absolute atomic E-state index is 8.56. The third kappa shape index (κ3) is 10.8. The normalized spacial score (nSPS) is 10.6. The van der Waals surface area contributed by atoms with Crippen LogP contribution in [0.2, 0.25) is 0 Å². The first-order valence-electron chi connectivity index (χ1n) is 8.20. The number of hydrogen-bond acceptors (Lipinski definition) is 4. The van der Waals surface area contributed by atoms with Gasteiger partial charge in [0, 0.05) is 0 Å². The summed E-state index contributed by atoms with van der Waals surface area (Å²) in [5.74, 6) is 0. The molecule has 0 atom stereocenters. The van der Waals surface area contributed by atoms with Crippen LogP contribution in [0.25, 0.3) is 0 Å². The molecule has 8 nitrogen and oxygen atoms in total. The predicted molar refractivity (Wildman–Crippen MR) is 102 cm³/mol. The van der Waals surface area contributed by atoms with Gasteiger partial charge < -0.3 is 20.4 Å². The quantitative estimate of drug-likeness (QED) is 0.399. The Morgan fingerprint density at radius 2 is 0.821 bits per heavy atom. The summed E-state index contributed by atoms with van der Waals surface area (Å²) in [6, 6.07) is 20.2. The van der Waals surface area contributed by atoms with E-state index in [4.69, 9.17) is 39.8 Å². The predicted octanol–water partition coefficient (Wildman–Crippen LogP) is 5.25. The molecule has 0 saturated carbocycles. The van der Waals surface area contributed by atoms with Gasteiger partial charge in [-0.2, -0.15) is 0 Å². The Morgan fingerprint density at radius 1 is 0.607 bits per heavy atom. The van der Waals surface area contributed by atoms with Gasteiger partial charge in [-0.1, -0.05) is 60.7 Å². The van der Waals surface area contributed by atoms with Gasteiger partial charge >= 0.3 is 12.3 Å². The van der Waals surface area contributed by atoms with Gasteiger partial charge in [0.25, 0.3) is 0 Å². The second-order valence-electron chi connectivity index (χ2n) is 6.48. The molecule has 0 aromatic heterocycles. The Balaban J connectivity index is 0.000000776. The summed E-state index contributed by atoms with van der Waals surface area (Å²) < 4.78 is 0. The van der Waals surface area contributed by atoms with Gasteiger partial charge in [0.15, 0.2) is 0 Å². The molecule has 2 aromatic carbocycles. The van der Waals surface area contributed by atoms with Gasteiger partial charge in [-0.3, -0.25) is 0 Å². The second-order valence-corrected chi connectivity index (χ2v) is 6.48. The van der Waals surface area contributed by atoms with E-state index in [-0.39, 0.29) is 0 Å². The van der Waals surface area contributed by atoms with Crippen molar-refractivity contribution >= 4 is 12.3 Å². The highest BCUT2D eigenvalue weighted by Gasteiger charge is 2.29. The summed E-state index contributed by atoms with van der Waals surface area (Å²) in [7, 11) is 0. The van der Waals surface area contributed by atoms with Crippen LogP contribution in [0.5, 0.6) is 0 Å². The van der Waals surface area contributed by atoms with Gasteiger partial charge in [-0.05, 0) is 38.8 Å². The van der Waals surface area contributed by atoms with Crippen LogP contribution < -0.4 is 0 Å². The monoisotopic (exact) mass is 394 g/mol. The standard InChI is InChI=1S/C18H22O2.2CH2O3/c1-17(2,15-11-7-5-8-12-15)19-20-18(3,4)16-13-9-6-10-14-16;2*2-1(3)4/h5-14H,1-4H3;2*(H2,2,3,4). The molecule has 2 aromatic rings. The Hall–Kier alpha value is -3.10. The highest BCUT2D eigenvalue weighted by Crippen LogP contribution is 2.31. The largest absolute Gasteiger partial charge is 0.503 e. The molecule has 154 valence electrons. The summed E-state index contributed by atoms with van der Waals surface area (Å²) >= 11 is 0. The molecule has 0 amide bonds. The summed E-state index contributed by atoms with van der Waals surface area (Å²) in [4.78, 5) is 28.6. The Labute approximate surface area is 163 Å². The topological polar surface area (TPSA) is 134 Å². The molecule has 0 saturated heterocycles. The maximum Gasteiger partial charge on any atom is 0.503 e. The van der Waals surface area contributed by atoms with E-state index in [1.165, 1.54) is 0 Å². The van der Waals surface area contributed by atoms with Crippen LogP contribution in [0.15, 0.2) is 60.7 Å². The van der Waals surface area contributed by atoms with Gasteiger partial charge in [0.1, 0.15) is 11.2 Å². The number of benzene rings is 2. The Bertz CT molecular complexity index is 640. The van der Waals surface area contributed by atoms with Crippen molar-refractivity contribution < 1.29 is 39.8 Å². The van der Waals surface area contributed by atoms with E-state index in [1.807, 2.05) is 88.4 Å². The number of carbonyl (C=O) groups is 2. The zero-order valence-electron chi connectivity index (χ0n) is 16.2. The lowest BCUT2D eigenvalue weighted by molar-refractivity contribution is -0.410. The van der Waals surface area contributed by atoms with Crippen LogP contribution >= 0.6 is 0 Å². The van der Waals surface area contributed by atoms with Crippen LogP contribution in [0.3, 0.4) is 0 Å². The van der Waals surface area contributed by atoms with Crippen LogP contribution in [-0.4, -0.2) is 32.7 Å². The van der Waals surface area contributed by atoms with E-state index in [0.29, 0.717) is 0 Å². The van der Waals surface area contributed by atoms with Crippen molar-refractivity contribution in [2.24, 2.45) is 0 Å². The van der Waals surface area contributed by atoms with Crippen LogP contribution in [0.4, 0.5) is 9.59 Å². The van der Waals surface area contributed by atoms with Crippen molar-refractivity contribution in [3.8, 4) is 0 Å². The van der Waals surface area contributed by atoms with E-state index in [0.717, 1.165) is 11.1 Å². The molecule has 0 aliphatic carbocycles. The minimum atomic E-state index is -1.83. The van der Waals surface area contributed by atoms with Gasteiger partial charge in [-0.15, -0.1) is 0 Å². The third-order valence-electron chi connectivity index (χ3n) is 3.40. The molecule has 28 heavy (non-hydrogen) atoms. The molecule has 4 N–H and O–H groups in total. The fraction of sp³-hybridized carbons (Fsp3) is 0.300. The summed E-state index contributed by atoms with van der Waals surface area (Å²) in [6.07, 6.45) is -3.67. The zero-order valence-corrected chi connectivity index (χ0v) is 16.2. The average molecular weight is 394 g/mol. The van der Waals surface area contributed by atoms with Gasteiger partial charge in [0.05, 0.1) is 0 Å². The SMILES string of the molecule is CC(C)(OOC(C)(C)c1ccccc1)c1ccccc1.O=C(O)O.O=C(O)O. The molecule has 8 heteroatoms. The highest BCUT2D eigenvalue weighted by molar-refractivity contribution is 5.53. The lowest BCUT2D eigenvalue weighted by Gasteiger charge is -2.31. The first-order valence-corrected chi connectivity index (χ1v) is 8.20. The van der Waals surface area contributed by atoms with Gasteiger partial charge in [-0.25, -0.2) is 19.4 Å². The molecular formula is C20H26O8. The zero-order chi connectivity index (χ0) is 21.8. The number of hydrogen-bond donors (Lipinski definition) is 4. The maximum atomic E-state index is 8.56. The molecular weight excluding hydrogens is 368 g/mol. The van der Waals surface area contributed by atoms with Crippen molar-refractivity contribution in [2.75, 3.05) is 0 Å². The van der Waals surface area contributed by atoms with E-state index >= 15 is 0 Å². The summed E-state index contributed by atoms with van der Waals surface area (Å²) in [6.45, 7) is 8.01. The minimum absolute atomic E-state index is 0.493. The van der Waals surface area contributed by atoms with E-state index in [1.54, 1.807) is 0 Å². The molecule has 0 fully saturated rings. The molecule has 0 heterocycles. The second kappa shape index (κ2) is 11.6. The fourth-order valence-corrected chi connectivity index (χ4v) is 1.98. The molecule has 0 aliphatic heterocycles. The first-order chi connectivity index (χ1) is 12.9. The molecule has 2 rings (SSSR count). The van der Waals surface area contributed by atoms with Crippen LogP contribution in [0.1, 0.15) is 38.8 Å². The molecule has 0 bridgehead atoms. The van der Waals surface area contributed by atoms with Crippen molar-refractivity contribution in [3.63, 3.8) is 0 Å². The Morgan fingerprint density at radius 3 is 1.04 bits per heavy atom. The Kier molecular flexibility index (Phi) is 10.3. The molecule has 0 spiro atoms. The smallest absolute Gasteiger partial charge is 0.450 e. The van der Waals surface area contributed by atoms with E-state index in [9.17, 15) is 0 Å². The van der Waals surface area contributed by atoms with Crippen molar-refractivity contribution in [1.82, 2.24) is 0 Å². The van der Waals surface area contributed by atoms with Crippen LogP contribution in [0, 0.1) is 0 Å². The third-order valence-corrected chi connectivity index (χ3v) is 3.40. The van der Waals surface area contributed by atoms with E-state index < -0.39 is 23.5 Å². The molecule has 0 radical (unpaired) electrons. The van der Waals surface area contributed by atoms with Crippen LogP contribution in [-0.2, 0) is 21.0 Å². The van der Waals surface area contributed by atoms with E-state index in [2.05, 4.69) is 0 Å². The first kappa shape index (κ1) is 24.9.